The molecule has 0 radical (unpaired) electrons. The number of aromatic nitrogens is 2. The van der Waals surface area contributed by atoms with Crippen LogP contribution in [0.5, 0.6) is 5.19 Å². The Morgan fingerprint density at radius 2 is 2.30 bits per heavy atom. The van der Waals surface area contributed by atoms with Crippen molar-refractivity contribution in [1.82, 2.24) is 15.1 Å². The van der Waals surface area contributed by atoms with Gasteiger partial charge in [-0.3, -0.25) is 0 Å². The molecule has 0 aliphatic carbocycles. The predicted octanol–water partition coefficient (Wildman–Crippen LogP) is 0.857. The normalized spacial score (nSPS) is 24.3. The SMILES string of the molecule is CCN1CC(OC(=O)C2CCCO2)N(c2nnc(OC)s2)C1=O. The van der Waals surface area contributed by atoms with Crippen LogP contribution < -0.4 is 9.64 Å². The lowest BCUT2D eigenvalue weighted by Crippen LogP contribution is -2.39. The van der Waals surface area contributed by atoms with E-state index in [1.54, 1.807) is 4.90 Å². The minimum Gasteiger partial charge on any atom is -0.472 e. The average molecular weight is 342 g/mol. The van der Waals surface area contributed by atoms with Crippen LogP contribution in [0.25, 0.3) is 0 Å². The molecule has 0 N–H and O–H groups in total. The Balaban J connectivity index is 1.77. The van der Waals surface area contributed by atoms with Gasteiger partial charge in [-0.05, 0) is 31.1 Å². The molecular formula is C13H18N4O5S. The van der Waals surface area contributed by atoms with Crippen molar-refractivity contribution >= 4 is 28.5 Å². The summed E-state index contributed by atoms with van der Waals surface area (Å²) < 4.78 is 15.8. The zero-order chi connectivity index (χ0) is 16.4. The van der Waals surface area contributed by atoms with E-state index in [0.717, 1.165) is 17.8 Å². The van der Waals surface area contributed by atoms with Crippen molar-refractivity contribution in [2.45, 2.75) is 32.1 Å². The minimum absolute atomic E-state index is 0.267. The van der Waals surface area contributed by atoms with Crippen molar-refractivity contribution in [2.24, 2.45) is 0 Å². The van der Waals surface area contributed by atoms with Crippen LogP contribution in [0, 0.1) is 0 Å². The van der Waals surface area contributed by atoms with Crippen molar-refractivity contribution in [3.63, 3.8) is 0 Å². The number of urea groups is 1. The Morgan fingerprint density at radius 1 is 1.48 bits per heavy atom. The lowest BCUT2D eigenvalue weighted by molar-refractivity contribution is -0.159. The lowest BCUT2D eigenvalue weighted by Gasteiger charge is -2.21. The summed E-state index contributed by atoms with van der Waals surface area (Å²) in [6, 6.07) is -0.267. The van der Waals surface area contributed by atoms with Crippen LogP contribution in [0.4, 0.5) is 9.93 Å². The Labute approximate surface area is 137 Å². The van der Waals surface area contributed by atoms with Gasteiger partial charge in [-0.25, -0.2) is 14.5 Å². The molecule has 2 fully saturated rings. The van der Waals surface area contributed by atoms with E-state index in [4.69, 9.17) is 14.2 Å². The summed E-state index contributed by atoms with van der Waals surface area (Å²) in [6.45, 7) is 3.22. The number of nitrogens with zero attached hydrogens (tertiary/aromatic N) is 4. The van der Waals surface area contributed by atoms with Crippen LogP contribution in [0.3, 0.4) is 0 Å². The Bertz CT molecular complexity index is 589. The van der Waals surface area contributed by atoms with Crippen LogP contribution in [0.15, 0.2) is 0 Å². The molecule has 2 aliphatic rings. The first-order valence-corrected chi connectivity index (χ1v) is 8.23. The minimum atomic E-state index is -0.739. The molecule has 0 saturated carbocycles. The summed E-state index contributed by atoms with van der Waals surface area (Å²) in [6.07, 6.45) is 0.189. The molecule has 3 rings (SSSR count). The topological polar surface area (TPSA) is 94.1 Å². The first-order valence-electron chi connectivity index (χ1n) is 7.41. The number of carbonyl (C=O) groups is 2. The molecule has 2 saturated heterocycles. The van der Waals surface area contributed by atoms with Crippen molar-refractivity contribution < 1.29 is 23.8 Å². The summed E-state index contributed by atoms with van der Waals surface area (Å²) in [7, 11) is 1.48. The third kappa shape index (κ3) is 3.08. The standard InChI is InChI=1S/C13H18N4O5S/c1-3-16-7-9(22-10(18)8-5-4-6-21-8)17(13(16)19)11-14-15-12(20-2)23-11/h8-9H,3-7H2,1-2H3. The fourth-order valence-corrected chi connectivity index (χ4v) is 3.24. The summed E-state index contributed by atoms with van der Waals surface area (Å²) in [5.41, 5.74) is 0. The number of esters is 1. The quantitative estimate of drug-likeness (QED) is 0.732. The number of hydrogen-bond acceptors (Lipinski definition) is 8. The molecule has 1 aromatic rings. The second kappa shape index (κ2) is 6.67. The van der Waals surface area contributed by atoms with Gasteiger partial charge in [0.2, 0.25) is 11.4 Å². The Hall–Kier alpha value is -1.94. The van der Waals surface area contributed by atoms with Gasteiger partial charge in [0.15, 0.2) is 6.10 Å². The number of anilines is 1. The number of hydrogen-bond donors (Lipinski definition) is 0. The summed E-state index contributed by atoms with van der Waals surface area (Å²) in [4.78, 5) is 27.6. The van der Waals surface area contributed by atoms with Crippen molar-refractivity contribution in [3.8, 4) is 5.19 Å². The first-order chi connectivity index (χ1) is 11.1. The molecule has 2 unspecified atom stereocenters. The summed E-state index contributed by atoms with van der Waals surface area (Å²) in [5, 5.41) is 8.45. The molecule has 9 nitrogen and oxygen atoms in total. The molecule has 10 heteroatoms. The van der Waals surface area contributed by atoms with E-state index in [-0.39, 0.29) is 12.6 Å². The first kappa shape index (κ1) is 15.9. The van der Waals surface area contributed by atoms with Gasteiger partial charge >= 0.3 is 12.0 Å². The maximum Gasteiger partial charge on any atom is 0.337 e. The third-order valence-corrected chi connectivity index (χ3v) is 4.63. The van der Waals surface area contributed by atoms with Crippen molar-refractivity contribution in [2.75, 3.05) is 31.7 Å². The number of likely N-dealkylation sites (N-methyl/N-ethyl adjacent to an activating group) is 1. The molecule has 23 heavy (non-hydrogen) atoms. The summed E-state index contributed by atoms with van der Waals surface area (Å²) >= 11 is 1.12. The second-order valence-electron chi connectivity index (χ2n) is 5.14. The molecule has 1 aromatic heterocycles. The molecule has 2 atom stereocenters. The molecule has 3 heterocycles. The highest BCUT2D eigenvalue weighted by molar-refractivity contribution is 7.17. The fraction of sp³-hybridized carbons (Fsp3) is 0.692. The van der Waals surface area contributed by atoms with E-state index in [9.17, 15) is 9.59 Å². The fourth-order valence-electron chi connectivity index (χ4n) is 2.54. The molecular weight excluding hydrogens is 324 g/mol. The molecule has 126 valence electrons. The molecule has 2 amide bonds. The number of amides is 2. The van der Waals surface area contributed by atoms with Gasteiger partial charge in [0.05, 0.1) is 13.7 Å². The highest BCUT2D eigenvalue weighted by atomic mass is 32.1. The van der Waals surface area contributed by atoms with E-state index in [2.05, 4.69) is 10.2 Å². The molecule has 2 aliphatic heterocycles. The molecule has 0 aromatic carbocycles. The van der Waals surface area contributed by atoms with E-state index in [0.29, 0.717) is 29.9 Å². The van der Waals surface area contributed by atoms with Gasteiger partial charge in [-0.15, -0.1) is 5.10 Å². The number of ether oxygens (including phenoxy) is 3. The third-order valence-electron chi connectivity index (χ3n) is 3.74. The van der Waals surface area contributed by atoms with Crippen molar-refractivity contribution in [1.29, 1.82) is 0 Å². The van der Waals surface area contributed by atoms with Gasteiger partial charge in [0.1, 0.15) is 0 Å². The lowest BCUT2D eigenvalue weighted by atomic mass is 10.2. The van der Waals surface area contributed by atoms with Crippen LogP contribution >= 0.6 is 11.3 Å². The van der Waals surface area contributed by atoms with E-state index in [1.807, 2.05) is 6.92 Å². The maximum atomic E-state index is 12.5. The van der Waals surface area contributed by atoms with Crippen molar-refractivity contribution in [3.05, 3.63) is 0 Å². The van der Waals surface area contributed by atoms with Gasteiger partial charge in [-0.2, -0.15) is 0 Å². The van der Waals surface area contributed by atoms with Crippen LogP contribution in [0.2, 0.25) is 0 Å². The highest BCUT2D eigenvalue weighted by Crippen LogP contribution is 2.31. The maximum absolute atomic E-state index is 12.5. The zero-order valence-electron chi connectivity index (χ0n) is 12.9. The highest BCUT2D eigenvalue weighted by Gasteiger charge is 2.43. The number of carbonyl (C=O) groups excluding carboxylic acids is 2. The number of methoxy groups -OCH3 is 1. The van der Waals surface area contributed by atoms with Gasteiger partial charge in [-0.1, -0.05) is 5.10 Å². The summed E-state index contributed by atoms with van der Waals surface area (Å²) in [5.74, 6) is -0.445. The smallest absolute Gasteiger partial charge is 0.337 e. The largest absolute Gasteiger partial charge is 0.472 e. The molecule has 0 bridgehead atoms. The van der Waals surface area contributed by atoms with Crippen LogP contribution in [-0.4, -0.2) is 66.2 Å². The van der Waals surface area contributed by atoms with Gasteiger partial charge < -0.3 is 19.1 Å². The predicted molar refractivity (Wildman–Crippen MR) is 80.4 cm³/mol. The zero-order valence-corrected chi connectivity index (χ0v) is 13.7. The average Bonchev–Trinajstić information content (AvgIpc) is 3.26. The monoisotopic (exact) mass is 342 g/mol. The second-order valence-corrected chi connectivity index (χ2v) is 6.06. The van der Waals surface area contributed by atoms with Gasteiger partial charge in [0.25, 0.3) is 5.19 Å². The van der Waals surface area contributed by atoms with E-state index < -0.39 is 18.3 Å². The van der Waals surface area contributed by atoms with E-state index in [1.165, 1.54) is 12.0 Å². The van der Waals surface area contributed by atoms with Crippen LogP contribution in [-0.2, 0) is 14.3 Å². The molecule has 0 spiro atoms. The van der Waals surface area contributed by atoms with Gasteiger partial charge in [0, 0.05) is 13.2 Å². The Morgan fingerprint density at radius 3 is 2.91 bits per heavy atom. The number of rotatable bonds is 5. The van der Waals surface area contributed by atoms with E-state index >= 15 is 0 Å². The Kier molecular flexibility index (Phi) is 4.62. The van der Waals surface area contributed by atoms with Crippen LogP contribution in [0.1, 0.15) is 19.8 Å².